The molecule has 0 saturated carbocycles. The lowest BCUT2D eigenvalue weighted by atomic mass is 10.1. The van der Waals surface area contributed by atoms with Gasteiger partial charge in [0.15, 0.2) is 6.10 Å². The summed E-state index contributed by atoms with van der Waals surface area (Å²) in [6, 6.07) is 7.97. The van der Waals surface area contributed by atoms with Gasteiger partial charge in [-0.3, -0.25) is 4.79 Å². The number of carbonyl (C=O) groups excluding carboxylic acids is 2. The van der Waals surface area contributed by atoms with Crippen molar-refractivity contribution in [1.29, 1.82) is 0 Å². The lowest BCUT2D eigenvalue weighted by Crippen LogP contribution is -2.37. The summed E-state index contributed by atoms with van der Waals surface area (Å²) < 4.78 is 0. The van der Waals surface area contributed by atoms with Gasteiger partial charge in [0.05, 0.1) is 6.04 Å². The molecule has 2 N–H and O–H groups in total. The van der Waals surface area contributed by atoms with Gasteiger partial charge in [-0.15, -0.1) is 0 Å². The van der Waals surface area contributed by atoms with Gasteiger partial charge in [0.1, 0.15) is 6.29 Å². The van der Waals surface area contributed by atoms with Gasteiger partial charge in [0.25, 0.3) is 5.91 Å². The molecule has 2 atom stereocenters. The minimum atomic E-state index is -1.23. The zero-order valence-electron chi connectivity index (χ0n) is 8.38. The largest absolute Gasteiger partial charge is 0.378 e. The highest BCUT2D eigenvalue weighted by atomic mass is 16.3. The van der Waals surface area contributed by atoms with Gasteiger partial charge in [0, 0.05) is 0 Å². The number of hydrogen-bond acceptors (Lipinski definition) is 3. The lowest BCUT2D eigenvalue weighted by molar-refractivity contribution is -0.131. The Morgan fingerprint density at radius 2 is 2.00 bits per heavy atom. The maximum atomic E-state index is 11.4. The van der Waals surface area contributed by atoms with E-state index in [-0.39, 0.29) is 0 Å². The van der Waals surface area contributed by atoms with Crippen LogP contribution >= 0.6 is 0 Å². The van der Waals surface area contributed by atoms with Crippen molar-refractivity contribution in [2.24, 2.45) is 0 Å². The topological polar surface area (TPSA) is 66.4 Å². The van der Waals surface area contributed by atoms with Crippen molar-refractivity contribution >= 4 is 12.2 Å². The van der Waals surface area contributed by atoms with Crippen molar-refractivity contribution < 1.29 is 14.7 Å². The summed E-state index contributed by atoms with van der Waals surface area (Å²) in [5.41, 5.74) is 0.507. The zero-order chi connectivity index (χ0) is 11.3. The van der Waals surface area contributed by atoms with E-state index in [2.05, 4.69) is 5.32 Å². The Bertz CT molecular complexity index is 337. The first-order valence-corrected chi connectivity index (χ1v) is 4.64. The van der Waals surface area contributed by atoms with Crippen LogP contribution in [0, 0.1) is 0 Å². The molecule has 1 amide bonds. The standard InChI is InChI=1S/C11H13NO3/c1-8(7-13)12-11(15)10(14)9-5-3-2-4-6-9/h2-8,10,14H,1H3,(H,12,15)/t8-,10?/m0/s1. The van der Waals surface area contributed by atoms with Gasteiger partial charge < -0.3 is 15.2 Å². The van der Waals surface area contributed by atoms with Crippen LogP contribution in [0.25, 0.3) is 0 Å². The minimum Gasteiger partial charge on any atom is -0.378 e. The Balaban J connectivity index is 2.65. The van der Waals surface area contributed by atoms with Crippen LogP contribution in [-0.2, 0) is 9.59 Å². The molecule has 0 heterocycles. The van der Waals surface area contributed by atoms with E-state index in [9.17, 15) is 14.7 Å². The Morgan fingerprint density at radius 3 is 2.53 bits per heavy atom. The molecular weight excluding hydrogens is 194 g/mol. The van der Waals surface area contributed by atoms with Crippen LogP contribution in [0.3, 0.4) is 0 Å². The second-order valence-electron chi connectivity index (χ2n) is 3.25. The SMILES string of the molecule is C[C@@H](C=O)NC(=O)C(O)c1ccccc1. The molecular formula is C11H13NO3. The number of rotatable bonds is 4. The van der Waals surface area contributed by atoms with Crippen LogP contribution in [-0.4, -0.2) is 23.3 Å². The molecule has 0 aliphatic heterocycles. The Morgan fingerprint density at radius 1 is 1.40 bits per heavy atom. The van der Waals surface area contributed by atoms with Crippen molar-refractivity contribution in [2.75, 3.05) is 0 Å². The molecule has 4 nitrogen and oxygen atoms in total. The number of carbonyl (C=O) groups is 2. The average molecular weight is 207 g/mol. The minimum absolute atomic E-state index is 0.507. The summed E-state index contributed by atoms with van der Waals surface area (Å²) in [5.74, 6) is -0.569. The monoisotopic (exact) mass is 207 g/mol. The summed E-state index contributed by atoms with van der Waals surface area (Å²) in [5, 5.41) is 12.0. The molecule has 1 unspecified atom stereocenters. The molecule has 15 heavy (non-hydrogen) atoms. The smallest absolute Gasteiger partial charge is 0.254 e. The van der Waals surface area contributed by atoms with Gasteiger partial charge in [-0.25, -0.2) is 0 Å². The van der Waals surface area contributed by atoms with E-state index in [1.165, 1.54) is 0 Å². The molecule has 1 aromatic rings. The van der Waals surface area contributed by atoms with Crippen LogP contribution in [0.1, 0.15) is 18.6 Å². The van der Waals surface area contributed by atoms with Crippen LogP contribution in [0.15, 0.2) is 30.3 Å². The number of nitrogens with one attached hydrogen (secondary N) is 1. The number of aliphatic hydroxyl groups is 1. The third-order valence-electron chi connectivity index (χ3n) is 1.94. The van der Waals surface area contributed by atoms with Gasteiger partial charge in [0.2, 0.25) is 0 Å². The maximum Gasteiger partial charge on any atom is 0.254 e. The van der Waals surface area contributed by atoms with Crippen LogP contribution in [0.5, 0.6) is 0 Å². The highest BCUT2D eigenvalue weighted by Crippen LogP contribution is 2.11. The highest BCUT2D eigenvalue weighted by molar-refractivity contribution is 5.84. The molecule has 1 rings (SSSR count). The van der Waals surface area contributed by atoms with E-state index in [1.807, 2.05) is 0 Å². The molecule has 0 radical (unpaired) electrons. The van der Waals surface area contributed by atoms with Gasteiger partial charge in [-0.1, -0.05) is 30.3 Å². The predicted molar refractivity (Wildman–Crippen MR) is 55.1 cm³/mol. The second-order valence-corrected chi connectivity index (χ2v) is 3.25. The molecule has 1 aromatic carbocycles. The number of hydrogen-bond donors (Lipinski definition) is 2. The molecule has 4 heteroatoms. The molecule has 0 spiro atoms. The van der Waals surface area contributed by atoms with Crippen molar-refractivity contribution in [2.45, 2.75) is 19.1 Å². The van der Waals surface area contributed by atoms with E-state index in [0.29, 0.717) is 11.8 Å². The first-order chi connectivity index (χ1) is 7.15. The summed E-state index contributed by atoms with van der Waals surface area (Å²) >= 11 is 0. The van der Waals surface area contributed by atoms with Gasteiger partial charge >= 0.3 is 0 Å². The number of aldehydes is 1. The molecule has 0 aromatic heterocycles. The van der Waals surface area contributed by atoms with Gasteiger partial charge in [-0.2, -0.15) is 0 Å². The first kappa shape index (κ1) is 11.4. The van der Waals surface area contributed by atoms with E-state index in [4.69, 9.17) is 0 Å². The highest BCUT2D eigenvalue weighted by Gasteiger charge is 2.18. The Labute approximate surface area is 87.9 Å². The van der Waals surface area contributed by atoms with E-state index < -0.39 is 18.1 Å². The molecule has 0 saturated heterocycles. The predicted octanol–water partition coefficient (Wildman–Crippen LogP) is 0.424. The van der Waals surface area contributed by atoms with E-state index in [0.717, 1.165) is 0 Å². The number of aliphatic hydroxyl groups excluding tert-OH is 1. The fourth-order valence-electron chi connectivity index (χ4n) is 1.12. The van der Waals surface area contributed by atoms with Crippen LogP contribution < -0.4 is 5.32 Å². The van der Waals surface area contributed by atoms with Crippen LogP contribution in [0.4, 0.5) is 0 Å². The molecule has 0 bridgehead atoms. The summed E-state index contributed by atoms with van der Waals surface area (Å²) in [4.78, 5) is 21.7. The van der Waals surface area contributed by atoms with Crippen molar-refractivity contribution in [3.05, 3.63) is 35.9 Å². The third-order valence-corrected chi connectivity index (χ3v) is 1.94. The number of amides is 1. The fraction of sp³-hybridized carbons (Fsp3) is 0.273. The first-order valence-electron chi connectivity index (χ1n) is 4.64. The second kappa shape index (κ2) is 5.26. The maximum absolute atomic E-state index is 11.4. The Kier molecular flexibility index (Phi) is 4.00. The summed E-state index contributed by atoms with van der Waals surface area (Å²) in [6.07, 6.45) is -0.621. The molecule has 0 aliphatic carbocycles. The summed E-state index contributed by atoms with van der Waals surface area (Å²) in [6.45, 7) is 1.54. The van der Waals surface area contributed by atoms with Crippen molar-refractivity contribution in [3.63, 3.8) is 0 Å². The fourth-order valence-corrected chi connectivity index (χ4v) is 1.12. The number of benzene rings is 1. The molecule has 0 aliphatic rings. The van der Waals surface area contributed by atoms with Crippen LogP contribution in [0.2, 0.25) is 0 Å². The third kappa shape index (κ3) is 3.18. The van der Waals surface area contributed by atoms with E-state index in [1.54, 1.807) is 37.3 Å². The summed E-state index contributed by atoms with van der Waals surface area (Å²) in [7, 11) is 0. The molecule has 0 fully saturated rings. The Hall–Kier alpha value is -1.68. The molecule has 80 valence electrons. The average Bonchev–Trinajstić information content (AvgIpc) is 2.29. The van der Waals surface area contributed by atoms with E-state index >= 15 is 0 Å². The quantitative estimate of drug-likeness (QED) is 0.703. The van der Waals surface area contributed by atoms with Crippen molar-refractivity contribution in [1.82, 2.24) is 5.32 Å². The van der Waals surface area contributed by atoms with Gasteiger partial charge in [-0.05, 0) is 12.5 Å². The normalized spacial score (nSPS) is 14.0. The zero-order valence-corrected chi connectivity index (χ0v) is 8.38. The lowest BCUT2D eigenvalue weighted by Gasteiger charge is -2.12. The van der Waals surface area contributed by atoms with Crippen molar-refractivity contribution in [3.8, 4) is 0 Å².